The first kappa shape index (κ1) is 10.9. The lowest BCUT2D eigenvalue weighted by Crippen LogP contribution is -2.44. The molecule has 2 heterocycles. The molecule has 2 rings (SSSR count). The summed E-state index contributed by atoms with van der Waals surface area (Å²) in [7, 11) is -3.34. The number of sulfonamides is 1. The van der Waals surface area contributed by atoms with Gasteiger partial charge < -0.3 is 5.11 Å². The first-order valence-corrected chi connectivity index (χ1v) is 6.87. The zero-order valence-corrected chi connectivity index (χ0v) is 9.24. The molecule has 2 aliphatic heterocycles. The largest absolute Gasteiger partial charge is 0.480 e. The molecule has 0 radical (unpaired) electrons. The summed E-state index contributed by atoms with van der Waals surface area (Å²) in [6.45, 7) is 0. The van der Waals surface area contributed by atoms with Crippen LogP contribution in [0.5, 0.6) is 0 Å². The van der Waals surface area contributed by atoms with Crippen molar-refractivity contribution in [2.45, 2.75) is 44.2 Å². The van der Waals surface area contributed by atoms with Crippen LogP contribution in [0, 0.1) is 0 Å². The van der Waals surface area contributed by atoms with Gasteiger partial charge in [-0.3, -0.25) is 4.79 Å². The van der Waals surface area contributed by atoms with Crippen molar-refractivity contribution < 1.29 is 18.3 Å². The van der Waals surface area contributed by atoms with E-state index in [0.29, 0.717) is 19.3 Å². The van der Waals surface area contributed by atoms with Gasteiger partial charge in [0, 0.05) is 6.04 Å². The number of fused-ring (bicyclic) bond motifs is 1. The molecule has 86 valence electrons. The highest BCUT2D eigenvalue weighted by Gasteiger charge is 2.45. The summed E-state index contributed by atoms with van der Waals surface area (Å²) in [5.41, 5.74) is 0. The van der Waals surface area contributed by atoms with Crippen LogP contribution >= 0.6 is 0 Å². The van der Waals surface area contributed by atoms with E-state index in [2.05, 4.69) is 0 Å². The Balaban J connectivity index is 2.33. The molecule has 6 heteroatoms. The fourth-order valence-electron chi connectivity index (χ4n) is 2.55. The Kier molecular flexibility index (Phi) is 2.72. The highest BCUT2D eigenvalue weighted by atomic mass is 32.2. The molecule has 2 atom stereocenters. The monoisotopic (exact) mass is 233 g/mol. The molecule has 0 aliphatic carbocycles. The fraction of sp³-hybridized carbons (Fsp3) is 0.889. The van der Waals surface area contributed by atoms with E-state index in [1.165, 1.54) is 4.31 Å². The fourth-order valence-corrected chi connectivity index (χ4v) is 4.58. The number of carboxylic acids is 1. The molecule has 2 aliphatic rings. The molecule has 0 saturated carbocycles. The van der Waals surface area contributed by atoms with Crippen LogP contribution in [0.4, 0.5) is 0 Å². The van der Waals surface area contributed by atoms with Gasteiger partial charge in [0.2, 0.25) is 10.0 Å². The summed E-state index contributed by atoms with van der Waals surface area (Å²) in [6.07, 6.45) is 3.49. The quantitative estimate of drug-likeness (QED) is 0.712. The van der Waals surface area contributed by atoms with Crippen molar-refractivity contribution in [3.05, 3.63) is 0 Å². The van der Waals surface area contributed by atoms with Crippen LogP contribution in [0.1, 0.15) is 32.1 Å². The Hall–Kier alpha value is -0.620. The summed E-state index contributed by atoms with van der Waals surface area (Å²) < 4.78 is 25.0. The smallest absolute Gasteiger partial charge is 0.322 e. The third-order valence-electron chi connectivity index (χ3n) is 3.24. The second-order valence-corrected chi connectivity index (χ2v) is 6.22. The Bertz CT molecular complexity index is 364. The van der Waals surface area contributed by atoms with Crippen molar-refractivity contribution in [1.82, 2.24) is 4.31 Å². The van der Waals surface area contributed by atoms with Crippen LogP contribution < -0.4 is 0 Å². The number of hydrogen-bond acceptors (Lipinski definition) is 3. The molecule has 0 unspecified atom stereocenters. The minimum atomic E-state index is -3.34. The molecule has 1 N–H and O–H groups in total. The Labute approximate surface area is 89.1 Å². The minimum absolute atomic E-state index is 0.0707. The van der Waals surface area contributed by atoms with E-state index in [-0.39, 0.29) is 11.8 Å². The van der Waals surface area contributed by atoms with Crippen molar-refractivity contribution in [2.24, 2.45) is 0 Å². The molecule has 15 heavy (non-hydrogen) atoms. The van der Waals surface area contributed by atoms with Gasteiger partial charge in [-0.2, -0.15) is 4.31 Å². The highest BCUT2D eigenvalue weighted by Crippen LogP contribution is 2.33. The number of nitrogens with zero attached hydrogens (tertiary/aromatic N) is 1. The SMILES string of the molecule is O=C(O)[C@@H]1CC[C@@H]2CCCCS(=O)(=O)N21. The normalized spacial score (nSPS) is 35.7. The van der Waals surface area contributed by atoms with Crippen LogP contribution in [0.15, 0.2) is 0 Å². The van der Waals surface area contributed by atoms with Crippen molar-refractivity contribution >= 4 is 16.0 Å². The maximum Gasteiger partial charge on any atom is 0.322 e. The molecular weight excluding hydrogens is 218 g/mol. The van der Waals surface area contributed by atoms with Gasteiger partial charge in [0.1, 0.15) is 6.04 Å². The van der Waals surface area contributed by atoms with Crippen molar-refractivity contribution in [1.29, 1.82) is 0 Å². The maximum absolute atomic E-state index is 11.9. The standard InChI is InChI=1S/C9H15NO4S/c11-9(12)8-5-4-7-3-1-2-6-15(13,14)10(7)8/h7-8H,1-6H2,(H,11,12)/t7-,8-/m0/s1. The van der Waals surface area contributed by atoms with Crippen LogP contribution in [0.3, 0.4) is 0 Å². The van der Waals surface area contributed by atoms with Gasteiger partial charge >= 0.3 is 5.97 Å². The summed E-state index contributed by atoms with van der Waals surface area (Å²) in [6, 6.07) is -0.892. The van der Waals surface area contributed by atoms with Gasteiger partial charge in [0.15, 0.2) is 0 Å². The molecule has 5 nitrogen and oxygen atoms in total. The van der Waals surface area contributed by atoms with Crippen LogP contribution in [0.2, 0.25) is 0 Å². The Morgan fingerprint density at radius 3 is 2.60 bits per heavy atom. The molecule has 0 aromatic heterocycles. The molecule has 0 amide bonds. The van der Waals surface area contributed by atoms with E-state index in [0.717, 1.165) is 12.8 Å². The average Bonchev–Trinajstić information content (AvgIpc) is 2.51. The number of hydrogen-bond donors (Lipinski definition) is 1. The van der Waals surface area contributed by atoms with Gasteiger partial charge in [-0.15, -0.1) is 0 Å². The van der Waals surface area contributed by atoms with Crippen molar-refractivity contribution in [2.75, 3.05) is 5.75 Å². The van der Waals surface area contributed by atoms with Gasteiger partial charge in [-0.1, -0.05) is 6.42 Å². The third kappa shape index (κ3) is 1.88. The van der Waals surface area contributed by atoms with E-state index in [4.69, 9.17) is 5.11 Å². The van der Waals surface area contributed by atoms with E-state index < -0.39 is 22.0 Å². The predicted molar refractivity (Wildman–Crippen MR) is 53.9 cm³/mol. The van der Waals surface area contributed by atoms with Gasteiger partial charge in [-0.25, -0.2) is 8.42 Å². The molecule has 0 aromatic carbocycles. The van der Waals surface area contributed by atoms with Crippen LogP contribution in [-0.2, 0) is 14.8 Å². The summed E-state index contributed by atoms with van der Waals surface area (Å²) in [5, 5.41) is 8.97. The predicted octanol–water partition coefficient (Wildman–Crippen LogP) is 0.418. The van der Waals surface area contributed by atoms with Gasteiger partial charge in [0.05, 0.1) is 5.75 Å². The van der Waals surface area contributed by atoms with Crippen molar-refractivity contribution in [3.8, 4) is 0 Å². The van der Waals surface area contributed by atoms with Crippen LogP contribution in [0.25, 0.3) is 0 Å². The highest BCUT2D eigenvalue weighted by molar-refractivity contribution is 7.89. The molecule has 0 aromatic rings. The Morgan fingerprint density at radius 2 is 1.93 bits per heavy atom. The molecular formula is C9H15NO4S. The van der Waals surface area contributed by atoms with E-state index in [1.54, 1.807) is 0 Å². The second kappa shape index (κ2) is 3.75. The lowest BCUT2D eigenvalue weighted by Gasteiger charge is -2.24. The van der Waals surface area contributed by atoms with E-state index in [9.17, 15) is 13.2 Å². The molecule has 2 fully saturated rings. The topological polar surface area (TPSA) is 74.7 Å². The number of rotatable bonds is 1. The first-order chi connectivity index (χ1) is 7.02. The number of carboxylic acid groups (broad SMARTS) is 1. The average molecular weight is 233 g/mol. The second-order valence-electron chi connectivity index (χ2n) is 4.23. The Morgan fingerprint density at radius 1 is 1.20 bits per heavy atom. The van der Waals surface area contributed by atoms with Gasteiger partial charge in [-0.05, 0) is 25.7 Å². The summed E-state index contributed by atoms with van der Waals surface area (Å²) in [4.78, 5) is 11.0. The summed E-state index contributed by atoms with van der Waals surface area (Å²) >= 11 is 0. The lowest BCUT2D eigenvalue weighted by molar-refractivity contribution is -0.140. The third-order valence-corrected chi connectivity index (χ3v) is 5.24. The number of aliphatic carboxylic acids is 1. The maximum atomic E-state index is 11.9. The minimum Gasteiger partial charge on any atom is -0.480 e. The van der Waals surface area contributed by atoms with Crippen LogP contribution in [-0.4, -0.2) is 41.6 Å². The molecule has 2 saturated heterocycles. The lowest BCUT2D eigenvalue weighted by atomic mass is 10.1. The van der Waals surface area contributed by atoms with E-state index in [1.807, 2.05) is 0 Å². The van der Waals surface area contributed by atoms with Crippen molar-refractivity contribution in [3.63, 3.8) is 0 Å². The summed E-state index contributed by atoms with van der Waals surface area (Å²) in [5.74, 6) is -0.907. The van der Waals surface area contributed by atoms with E-state index >= 15 is 0 Å². The zero-order chi connectivity index (χ0) is 11.1. The zero-order valence-electron chi connectivity index (χ0n) is 8.42. The molecule has 0 spiro atoms. The molecule has 0 bridgehead atoms. The first-order valence-electron chi connectivity index (χ1n) is 5.26. The number of carbonyl (C=O) groups is 1. The van der Waals surface area contributed by atoms with Gasteiger partial charge in [0.25, 0.3) is 0 Å².